The fourth-order valence-electron chi connectivity index (χ4n) is 4.28. The summed E-state index contributed by atoms with van der Waals surface area (Å²) in [6, 6.07) is 20.5. The first-order chi connectivity index (χ1) is 18.5. The minimum atomic E-state index is -4.11. The number of benzene rings is 3. The standard InChI is InChI=1S/C25H24ClFN6O4S2/c26-19-8-12-22(13-9-19)38(34,35)31-25(29-21-14-32(15-21)39(28,36)37)33-16-23(17-4-2-1-3-5-17)24(30-33)18-6-10-20(27)11-7-18/h1-13,21,23H,14-16H2,(H,29,31)(H2,28,36,37)/t23-/m0/s1. The summed E-state index contributed by atoms with van der Waals surface area (Å²) in [5, 5.41) is 11.7. The second kappa shape index (κ2) is 10.7. The zero-order valence-corrected chi connectivity index (χ0v) is 22.7. The van der Waals surface area contributed by atoms with Crippen molar-refractivity contribution in [3.8, 4) is 0 Å². The molecule has 0 saturated carbocycles. The topological polar surface area (TPSA) is 138 Å². The Balaban J connectivity index is 1.53. The van der Waals surface area contributed by atoms with Gasteiger partial charge >= 0.3 is 0 Å². The normalized spacial score (nSPS) is 19.1. The number of halogens is 2. The average molecular weight is 591 g/mol. The quantitative estimate of drug-likeness (QED) is 0.336. The summed E-state index contributed by atoms with van der Waals surface area (Å²) in [6.45, 7) is 0.218. The molecule has 2 aliphatic rings. The van der Waals surface area contributed by atoms with Crippen LogP contribution in [0.15, 0.2) is 93.9 Å². The Morgan fingerprint density at radius 2 is 1.59 bits per heavy atom. The van der Waals surface area contributed by atoms with Crippen molar-refractivity contribution < 1.29 is 21.2 Å². The molecular weight excluding hydrogens is 567 g/mol. The summed E-state index contributed by atoms with van der Waals surface area (Å²) in [5.74, 6) is -0.765. The van der Waals surface area contributed by atoms with Crippen LogP contribution in [0.1, 0.15) is 17.0 Å². The smallest absolute Gasteiger partial charge is 0.248 e. The number of nitrogens with one attached hydrogen (secondary N) is 1. The maximum absolute atomic E-state index is 13.7. The van der Waals surface area contributed by atoms with Gasteiger partial charge in [-0.1, -0.05) is 54.1 Å². The van der Waals surface area contributed by atoms with E-state index in [9.17, 15) is 21.2 Å². The van der Waals surface area contributed by atoms with Gasteiger partial charge in [0, 0.05) is 24.0 Å². The van der Waals surface area contributed by atoms with E-state index in [4.69, 9.17) is 21.8 Å². The molecule has 204 valence electrons. The summed E-state index contributed by atoms with van der Waals surface area (Å²) < 4.78 is 67.1. The molecule has 0 bridgehead atoms. The van der Waals surface area contributed by atoms with Gasteiger partial charge in [-0.25, -0.2) is 32.7 Å². The Labute approximate surface area is 230 Å². The largest absolute Gasteiger partial charge is 0.277 e. The van der Waals surface area contributed by atoms with Crippen LogP contribution in [0.5, 0.6) is 0 Å². The predicted molar refractivity (Wildman–Crippen MR) is 147 cm³/mol. The highest BCUT2D eigenvalue weighted by Crippen LogP contribution is 2.30. The molecule has 3 aromatic rings. The molecule has 0 amide bonds. The summed E-state index contributed by atoms with van der Waals surface area (Å²) in [5.41, 5.74) is 2.18. The van der Waals surface area contributed by atoms with Crippen LogP contribution in [0, 0.1) is 5.82 Å². The van der Waals surface area contributed by atoms with Crippen molar-refractivity contribution in [2.24, 2.45) is 15.2 Å². The van der Waals surface area contributed by atoms with Crippen LogP contribution in [-0.2, 0) is 20.2 Å². The van der Waals surface area contributed by atoms with Crippen molar-refractivity contribution in [2.45, 2.75) is 16.9 Å². The maximum atomic E-state index is 13.7. The lowest BCUT2D eigenvalue weighted by Gasteiger charge is -2.34. The minimum absolute atomic E-state index is 0.00447. The second-order valence-electron chi connectivity index (χ2n) is 9.07. The van der Waals surface area contributed by atoms with Crippen molar-refractivity contribution in [3.05, 3.63) is 101 Å². The first kappa shape index (κ1) is 27.2. The van der Waals surface area contributed by atoms with E-state index in [1.54, 1.807) is 12.1 Å². The average Bonchev–Trinajstić information content (AvgIpc) is 3.31. The molecule has 2 heterocycles. The summed E-state index contributed by atoms with van der Waals surface area (Å²) in [6.07, 6.45) is 0. The van der Waals surface area contributed by atoms with Gasteiger partial charge in [-0.3, -0.25) is 0 Å². The van der Waals surface area contributed by atoms with Crippen LogP contribution in [-0.4, -0.2) is 63.5 Å². The van der Waals surface area contributed by atoms with Gasteiger partial charge in [0.05, 0.1) is 23.2 Å². The van der Waals surface area contributed by atoms with Crippen molar-refractivity contribution >= 4 is 43.5 Å². The van der Waals surface area contributed by atoms with Crippen LogP contribution in [0.3, 0.4) is 0 Å². The van der Waals surface area contributed by atoms with E-state index < -0.39 is 32.1 Å². The van der Waals surface area contributed by atoms with E-state index in [-0.39, 0.29) is 36.4 Å². The molecule has 1 atom stereocenters. The zero-order valence-electron chi connectivity index (χ0n) is 20.4. The third-order valence-electron chi connectivity index (χ3n) is 6.34. The van der Waals surface area contributed by atoms with E-state index in [2.05, 4.69) is 9.71 Å². The number of aliphatic imine (C=N–C) groups is 1. The molecule has 0 aliphatic carbocycles. The highest BCUT2D eigenvalue weighted by molar-refractivity contribution is 7.90. The predicted octanol–water partition coefficient (Wildman–Crippen LogP) is 2.50. The summed E-state index contributed by atoms with van der Waals surface area (Å²) in [4.78, 5) is 4.48. The van der Waals surface area contributed by atoms with Gasteiger partial charge in [0.25, 0.3) is 20.2 Å². The number of hydrogen-bond acceptors (Lipinski definition) is 6. The molecule has 14 heteroatoms. The van der Waals surface area contributed by atoms with Gasteiger partial charge < -0.3 is 0 Å². The third-order valence-corrected chi connectivity index (χ3v) is 8.96. The Morgan fingerprint density at radius 3 is 2.21 bits per heavy atom. The lowest BCUT2D eigenvalue weighted by Crippen LogP contribution is -2.56. The second-order valence-corrected chi connectivity index (χ2v) is 12.7. The number of guanidine groups is 1. The molecule has 0 spiro atoms. The molecule has 0 aromatic heterocycles. The molecule has 0 unspecified atom stereocenters. The number of rotatable bonds is 6. The first-order valence-electron chi connectivity index (χ1n) is 11.8. The number of nitrogens with two attached hydrogens (primary N) is 1. The lowest BCUT2D eigenvalue weighted by molar-refractivity contribution is 0.264. The number of hydrazone groups is 1. The minimum Gasteiger partial charge on any atom is -0.248 e. The van der Waals surface area contributed by atoms with Crippen LogP contribution < -0.4 is 9.86 Å². The van der Waals surface area contributed by atoms with Crippen LogP contribution in [0.4, 0.5) is 4.39 Å². The fraction of sp³-hybridized carbons (Fsp3) is 0.200. The molecule has 1 saturated heterocycles. The Kier molecular flexibility index (Phi) is 7.44. The molecular formula is C25H24ClFN6O4S2. The number of hydrogen-bond donors (Lipinski definition) is 2. The van der Waals surface area contributed by atoms with Crippen molar-refractivity contribution in [1.29, 1.82) is 0 Å². The molecule has 10 nitrogen and oxygen atoms in total. The van der Waals surface area contributed by atoms with E-state index in [1.165, 1.54) is 41.4 Å². The Bertz CT molecular complexity index is 1630. The molecule has 39 heavy (non-hydrogen) atoms. The van der Waals surface area contributed by atoms with Crippen LogP contribution >= 0.6 is 11.6 Å². The molecule has 3 N–H and O–H groups in total. The third kappa shape index (κ3) is 6.12. The monoisotopic (exact) mass is 590 g/mol. The summed E-state index contributed by atoms with van der Waals surface area (Å²) in [7, 11) is -8.00. The summed E-state index contributed by atoms with van der Waals surface area (Å²) >= 11 is 5.92. The molecule has 0 radical (unpaired) electrons. The lowest BCUT2D eigenvalue weighted by atomic mass is 9.91. The number of sulfonamides is 1. The SMILES string of the molecule is NS(=O)(=O)N1CC(N=C(NS(=O)(=O)c2ccc(Cl)cc2)N2C[C@@H](c3ccccc3)C(c3ccc(F)cc3)=N2)C1. The molecule has 3 aromatic carbocycles. The molecule has 1 fully saturated rings. The highest BCUT2D eigenvalue weighted by atomic mass is 35.5. The highest BCUT2D eigenvalue weighted by Gasteiger charge is 2.37. The molecule has 5 rings (SSSR count). The Morgan fingerprint density at radius 1 is 0.949 bits per heavy atom. The van der Waals surface area contributed by atoms with Gasteiger partial charge in [-0.15, -0.1) is 0 Å². The molecule has 2 aliphatic heterocycles. The van der Waals surface area contributed by atoms with Crippen molar-refractivity contribution in [2.75, 3.05) is 19.6 Å². The van der Waals surface area contributed by atoms with Crippen LogP contribution in [0.2, 0.25) is 5.02 Å². The van der Waals surface area contributed by atoms with Gasteiger partial charge in [0.2, 0.25) is 5.96 Å². The van der Waals surface area contributed by atoms with E-state index in [0.717, 1.165) is 9.87 Å². The van der Waals surface area contributed by atoms with E-state index >= 15 is 0 Å². The first-order valence-corrected chi connectivity index (χ1v) is 15.2. The van der Waals surface area contributed by atoms with E-state index in [0.29, 0.717) is 16.3 Å². The van der Waals surface area contributed by atoms with Gasteiger partial charge in [0.15, 0.2) is 0 Å². The van der Waals surface area contributed by atoms with Crippen molar-refractivity contribution in [3.63, 3.8) is 0 Å². The van der Waals surface area contributed by atoms with Gasteiger partial charge in [-0.2, -0.15) is 17.8 Å². The number of nitrogens with zero attached hydrogens (tertiary/aromatic N) is 4. The Hall–Kier alpha value is -3.36. The van der Waals surface area contributed by atoms with Crippen molar-refractivity contribution in [1.82, 2.24) is 14.0 Å². The maximum Gasteiger partial charge on any atom is 0.277 e. The fourth-order valence-corrected chi connectivity index (χ4v) is 6.18. The van der Waals surface area contributed by atoms with Gasteiger partial charge in [-0.05, 0) is 47.5 Å². The van der Waals surface area contributed by atoms with Gasteiger partial charge in [0.1, 0.15) is 5.82 Å². The van der Waals surface area contributed by atoms with Crippen LogP contribution in [0.25, 0.3) is 0 Å². The zero-order chi connectivity index (χ0) is 27.8. The van der Waals surface area contributed by atoms with E-state index in [1.807, 2.05) is 30.3 Å².